The average molecular weight is 391 g/mol. The molecule has 2 saturated carbocycles. The van der Waals surface area contributed by atoms with E-state index in [1.54, 1.807) is 6.92 Å². The summed E-state index contributed by atoms with van der Waals surface area (Å²) in [6, 6.07) is 0. The number of carbonyl (C=O) groups excluding carboxylic acids is 3. The van der Waals surface area contributed by atoms with Crippen LogP contribution in [0, 0.1) is 29.6 Å². The molecule has 6 atom stereocenters. The van der Waals surface area contributed by atoms with Gasteiger partial charge in [-0.15, -0.1) is 0 Å². The Morgan fingerprint density at radius 1 is 1.25 bits per heavy atom. The molecule has 2 fully saturated rings. The maximum absolute atomic E-state index is 12.8. The molecule has 2 aliphatic rings. The van der Waals surface area contributed by atoms with E-state index in [2.05, 4.69) is 20.4 Å². The number of hydrogen-bond donors (Lipinski definition) is 0. The molecule has 2 rings (SSSR count). The SMILES string of the molecule is C=C1[C@H](OC(=O)/C=C(\C)CC)C[C@@H](C(C)C)[C@H]2[C@H]1CC(=O)[C@H]2C(C)OC(C)=O. The molecule has 0 aromatic carbocycles. The Hall–Kier alpha value is -1.91. The highest BCUT2D eigenvalue weighted by Gasteiger charge is 2.55. The van der Waals surface area contributed by atoms with Crippen LogP contribution in [0.5, 0.6) is 0 Å². The van der Waals surface area contributed by atoms with Gasteiger partial charge in [-0.2, -0.15) is 0 Å². The first kappa shape index (κ1) is 22.4. The monoisotopic (exact) mass is 390 g/mol. The van der Waals surface area contributed by atoms with Crippen molar-refractivity contribution in [3.05, 3.63) is 23.8 Å². The first-order valence-electron chi connectivity index (χ1n) is 10.3. The number of hydrogen-bond acceptors (Lipinski definition) is 5. The fraction of sp³-hybridized carbons (Fsp3) is 0.696. The molecular weight excluding hydrogens is 356 g/mol. The summed E-state index contributed by atoms with van der Waals surface area (Å²) in [5, 5.41) is 0. The highest BCUT2D eigenvalue weighted by Crippen LogP contribution is 2.53. The van der Waals surface area contributed by atoms with Crippen LogP contribution >= 0.6 is 0 Å². The Morgan fingerprint density at radius 2 is 1.89 bits per heavy atom. The second kappa shape index (κ2) is 9.06. The summed E-state index contributed by atoms with van der Waals surface area (Å²) >= 11 is 0. The summed E-state index contributed by atoms with van der Waals surface area (Å²) in [4.78, 5) is 36.6. The number of Topliss-reactive ketones (excluding diaryl/α,β-unsaturated/α-hetero) is 1. The van der Waals surface area contributed by atoms with E-state index < -0.39 is 6.10 Å². The van der Waals surface area contributed by atoms with Crippen molar-refractivity contribution >= 4 is 17.7 Å². The van der Waals surface area contributed by atoms with Crippen molar-refractivity contribution in [2.24, 2.45) is 29.6 Å². The Morgan fingerprint density at radius 3 is 2.43 bits per heavy atom. The molecule has 28 heavy (non-hydrogen) atoms. The van der Waals surface area contributed by atoms with Crippen molar-refractivity contribution in [2.45, 2.75) is 73.0 Å². The summed E-state index contributed by atoms with van der Waals surface area (Å²) < 4.78 is 11.1. The molecule has 156 valence electrons. The maximum atomic E-state index is 12.8. The van der Waals surface area contributed by atoms with Gasteiger partial charge in [0.25, 0.3) is 0 Å². The number of ether oxygens (including phenoxy) is 2. The quantitative estimate of drug-likeness (QED) is 0.385. The number of fused-ring (bicyclic) bond motifs is 1. The second-order valence-electron chi connectivity index (χ2n) is 8.68. The summed E-state index contributed by atoms with van der Waals surface area (Å²) in [5.41, 5.74) is 1.79. The lowest BCUT2D eigenvalue weighted by Gasteiger charge is -2.44. The molecule has 0 saturated heterocycles. The number of allylic oxidation sites excluding steroid dienone is 1. The molecule has 0 N–H and O–H groups in total. The number of carbonyl (C=O) groups is 3. The van der Waals surface area contributed by atoms with Crippen molar-refractivity contribution in [2.75, 3.05) is 0 Å². The lowest BCUT2D eigenvalue weighted by molar-refractivity contribution is -0.153. The molecular formula is C23H34O5. The van der Waals surface area contributed by atoms with Crippen LogP contribution in [-0.2, 0) is 23.9 Å². The molecule has 2 aliphatic carbocycles. The van der Waals surface area contributed by atoms with Crippen molar-refractivity contribution in [1.29, 1.82) is 0 Å². The number of ketones is 1. The predicted octanol–water partition coefficient (Wildman–Crippen LogP) is 4.26. The van der Waals surface area contributed by atoms with Gasteiger partial charge in [0, 0.05) is 19.4 Å². The van der Waals surface area contributed by atoms with Gasteiger partial charge in [-0.3, -0.25) is 9.59 Å². The maximum Gasteiger partial charge on any atom is 0.331 e. The minimum atomic E-state index is -0.455. The van der Waals surface area contributed by atoms with Crippen LogP contribution in [0.3, 0.4) is 0 Å². The van der Waals surface area contributed by atoms with E-state index in [0.717, 1.165) is 17.6 Å². The summed E-state index contributed by atoms with van der Waals surface area (Å²) in [6.45, 7) is 15.5. The summed E-state index contributed by atoms with van der Waals surface area (Å²) in [7, 11) is 0. The van der Waals surface area contributed by atoms with E-state index in [0.29, 0.717) is 18.8 Å². The molecule has 0 radical (unpaired) electrons. The lowest BCUT2D eigenvalue weighted by atomic mass is 9.63. The molecule has 1 unspecified atom stereocenters. The minimum absolute atomic E-state index is 0.0364. The smallest absolute Gasteiger partial charge is 0.331 e. The van der Waals surface area contributed by atoms with Gasteiger partial charge in [-0.05, 0) is 55.9 Å². The second-order valence-corrected chi connectivity index (χ2v) is 8.68. The molecule has 0 aromatic rings. The van der Waals surface area contributed by atoms with Crippen LogP contribution in [0.2, 0.25) is 0 Å². The average Bonchev–Trinajstić information content (AvgIpc) is 2.93. The third-order valence-electron chi connectivity index (χ3n) is 6.44. The molecule has 0 aromatic heterocycles. The van der Waals surface area contributed by atoms with Crippen molar-refractivity contribution in [1.82, 2.24) is 0 Å². The van der Waals surface area contributed by atoms with E-state index in [1.165, 1.54) is 13.0 Å². The van der Waals surface area contributed by atoms with E-state index in [4.69, 9.17) is 9.47 Å². The molecule has 0 spiro atoms. The normalized spacial score (nSPS) is 31.5. The molecule has 0 aliphatic heterocycles. The van der Waals surface area contributed by atoms with E-state index in [1.807, 2.05) is 13.8 Å². The van der Waals surface area contributed by atoms with Crippen LogP contribution < -0.4 is 0 Å². The topological polar surface area (TPSA) is 69.7 Å². The zero-order valence-corrected chi connectivity index (χ0v) is 18.0. The highest BCUT2D eigenvalue weighted by atomic mass is 16.5. The van der Waals surface area contributed by atoms with Crippen LogP contribution in [0.15, 0.2) is 23.8 Å². The molecule has 0 heterocycles. The van der Waals surface area contributed by atoms with E-state index in [9.17, 15) is 14.4 Å². The fourth-order valence-electron chi connectivity index (χ4n) is 4.92. The van der Waals surface area contributed by atoms with Gasteiger partial charge in [0.2, 0.25) is 0 Å². The third-order valence-corrected chi connectivity index (χ3v) is 6.44. The highest BCUT2D eigenvalue weighted by molar-refractivity contribution is 5.86. The van der Waals surface area contributed by atoms with Crippen LogP contribution in [0.25, 0.3) is 0 Å². The lowest BCUT2D eigenvalue weighted by Crippen LogP contribution is -2.44. The Kier molecular flexibility index (Phi) is 7.24. The van der Waals surface area contributed by atoms with Gasteiger partial charge < -0.3 is 9.47 Å². The molecule has 0 bridgehead atoms. The Labute approximate surface area is 168 Å². The van der Waals surface area contributed by atoms with Crippen LogP contribution in [-0.4, -0.2) is 29.9 Å². The fourth-order valence-corrected chi connectivity index (χ4v) is 4.92. The van der Waals surface area contributed by atoms with Crippen LogP contribution in [0.4, 0.5) is 0 Å². The van der Waals surface area contributed by atoms with E-state index in [-0.39, 0.29) is 47.5 Å². The predicted molar refractivity (Wildman–Crippen MR) is 107 cm³/mol. The largest absolute Gasteiger partial charge is 0.462 e. The first-order chi connectivity index (χ1) is 13.1. The standard InChI is InChI=1S/C23H34O5/c1-8-13(4)9-21(26)28-20-11-17(12(2)3)23-18(14(20)5)10-19(25)22(23)15(6)27-16(7)24/h9,12,15,17-18,20,22-23H,5,8,10-11H2,1-4,6-7H3/b13-9+/t15?,17-,18-,20+,22+,23-/m0/s1. The van der Waals surface area contributed by atoms with Crippen molar-refractivity contribution < 1.29 is 23.9 Å². The van der Waals surface area contributed by atoms with Crippen molar-refractivity contribution in [3.8, 4) is 0 Å². The Balaban J connectivity index is 2.26. The van der Waals surface area contributed by atoms with Gasteiger partial charge in [-0.1, -0.05) is 32.9 Å². The van der Waals surface area contributed by atoms with E-state index >= 15 is 0 Å². The number of esters is 2. The zero-order valence-electron chi connectivity index (χ0n) is 18.0. The summed E-state index contributed by atoms with van der Waals surface area (Å²) in [5.74, 6) is -0.388. The third kappa shape index (κ3) is 4.73. The van der Waals surface area contributed by atoms with Gasteiger partial charge in [0.15, 0.2) is 0 Å². The first-order valence-corrected chi connectivity index (χ1v) is 10.3. The zero-order chi connectivity index (χ0) is 21.2. The van der Waals surface area contributed by atoms with Gasteiger partial charge in [0.05, 0.1) is 5.92 Å². The van der Waals surface area contributed by atoms with Gasteiger partial charge in [0.1, 0.15) is 18.0 Å². The summed E-state index contributed by atoms with van der Waals surface area (Å²) in [6.07, 6.45) is 2.53. The Bertz CT molecular complexity index is 674. The molecule has 0 amide bonds. The van der Waals surface area contributed by atoms with Gasteiger partial charge in [-0.25, -0.2) is 4.79 Å². The number of rotatable bonds is 6. The van der Waals surface area contributed by atoms with Gasteiger partial charge >= 0.3 is 11.9 Å². The van der Waals surface area contributed by atoms with Crippen LogP contribution in [0.1, 0.15) is 60.8 Å². The molecule has 5 nitrogen and oxygen atoms in total. The van der Waals surface area contributed by atoms with Crippen molar-refractivity contribution in [3.63, 3.8) is 0 Å². The minimum Gasteiger partial charge on any atom is -0.462 e. The molecule has 5 heteroatoms.